The van der Waals surface area contributed by atoms with Gasteiger partial charge >= 0.3 is 5.97 Å². The number of methoxy groups -OCH3 is 1. The highest BCUT2D eigenvalue weighted by atomic mass is 16.6. The van der Waals surface area contributed by atoms with Crippen molar-refractivity contribution in [2.45, 2.75) is 13.3 Å². The molecule has 2 rings (SSSR count). The summed E-state index contributed by atoms with van der Waals surface area (Å²) in [5.41, 5.74) is 8.20. The van der Waals surface area contributed by atoms with E-state index in [1.54, 1.807) is 12.1 Å². The van der Waals surface area contributed by atoms with Gasteiger partial charge in [0.1, 0.15) is 5.75 Å². The maximum absolute atomic E-state index is 12.0. The van der Waals surface area contributed by atoms with Gasteiger partial charge in [-0.05, 0) is 24.1 Å². The monoisotopic (exact) mass is 297 g/mol. The molecule has 0 aliphatic carbocycles. The van der Waals surface area contributed by atoms with Crippen LogP contribution in [0, 0.1) is 0 Å². The van der Waals surface area contributed by atoms with E-state index in [1.807, 2.05) is 42.5 Å². The molecule has 0 heterocycles. The molecular formula is C18H19NO3. The van der Waals surface area contributed by atoms with E-state index in [0.29, 0.717) is 11.3 Å². The SMILES string of the molecule is CCc1ccc(O/C(C(=O)OC)=C(/N)c2ccccc2)cc1. The minimum atomic E-state index is -0.610. The maximum Gasteiger partial charge on any atom is 0.376 e. The number of ether oxygens (including phenoxy) is 2. The lowest BCUT2D eigenvalue weighted by atomic mass is 10.1. The molecule has 0 bridgehead atoms. The normalized spacial score (nSPS) is 11.5. The van der Waals surface area contributed by atoms with Crippen LogP contribution in [-0.2, 0) is 16.0 Å². The third-order valence-corrected chi connectivity index (χ3v) is 3.25. The summed E-state index contributed by atoms with van der Waals surface area (Å²) < 4.78 is 10.4. The Morgan fingerprint density at radius 1 is 1.05 bits per heavy atom. The number of hydrogen-bond donors (Lipinski definition) is 1. The number of esters is 1. The summed E-state index contributed by atoms with van der Waals surface area (Å²) in [5, 5.41) is 0. The van der Waals surface area contributed by atoms with Crippen molar-refractivity contribution >= 4 is 11.7 Å². The van der Waals surface area contributed by atoms with Crippen LogP contribution in [0.2, 0.25) is 0 Å². The molecule has 0 aromatic heterocycles. The van der Waals surface area contributed by atoms with Gasteiger partial charge in [0.2, 0.25) is 5.76 Å². The molecule has 22 heavy (non-hydrogen) atoms. The van der Waals surface area contributed by atoms with Gasteiger partial charge in [-0.1, -0.05) is 49.4 Å². The van der Waals surface area contributed by atoms with Crippen molar-refractivity contribution in [3.05, 3.63) is 71.5 Å². The van der Waals surface area contributed by atoms with Crippen LogP contribution >= 0.6 is 0 Å². The third-order valence-electron chi connectivity index (χ3n) is 3.25. The topological polar surface area (TPSA) is 61.5 Å². The van der Waals surface area contributed by atoms with Crippen LogP contribution in [0.4, 0.5) is 0 Å². The van der Waals surface area contributed by atoms with Crippen molar-refractivity contribution in [2.75, 3.05) is 7.11 Å². The molecule has 114 valence electrons. The Morgan fingerprint density at radius 2 is 1.68 bits per heavy atom. The maximum atomic E-state index is 12.0. The van der Waals surface area contributed by atoms with Crippen molar-refractivity contribution in [1.82, 2.24) is 0 Å². The number of benzene rings is 2. The molecule has 0 saturated heterocycles. The number of aryl methyl sites for hydroxylation is 1. The molecule has 0 aliphatic heterocycles. The Hall–Kier alpha value is -2.75. The summed E-state index contributed by atoms with van der Waals surface area (Å²) in [6.07, 6.45) is 0.937. The van der Waals surface area contributed by atoms with Gasteiger partial charge in [0, 0.05) is 5.56 Å². The van der Waals surface area contributed by atoms with Crippen molar-refractivity contribution in [1.29, 1.82) is 0 Å². The summed E-state index contributed by atoms with van der Waals surface area (Å²) in [7, 11) is 1.30. The van der Waals surface area contributed by atoms with Gasteiger partial charge in [-0.2, -0.15) is 0 Å². The van der Waals surface area contributed by atoms with Crippen LogP contribution in [0.25, 0.3) is 5.70 Å². The van der Waals surface area contributed by atoms with E-state index in [-0.39, 0.29) is 11.5 Å². The molecule has 0 saturated carbocycles. The summed E-state index contributed by atoms with van der Waals surface area (Å²) in [4.78, 5) is 12.0. The zero-order valence-electron chi connectivity index (χ0n) is 12.7. The minimum absolute atomic E-state index is 0.0158. The second kappa shape index (κ2) is 7.31. The van der Waals surface area contributed by atoms with Crippen LogP contribution in [0.3, 0.4) is 0 Å². The predicted molar refractivity (Wildman–Crippen MR) is 86.0 cm³/mol. The van der Waals surface area contributed by atoms with E-state index in [0.717, 1.165) is 6.42 Å². The second-order valence-corrected chi connectivity index (χ2v) is 4.70. The van der Waals surface area contributed by atoms with E-state index in [9.17, 15) is 4.79 Å². The first-order chi connectivity index (χ1) is 10.7. The molecule has 0 spiro atoms. The summed E-state index contributed by atoms with van der Waals surface area (Å²) >= 11 is 0. The molecular weight excluding hydrogens is 278 g/mol. The van der Waals surface area contributed by atoms with E-state index >= 15 is 0 Å². The van der Waals surface area contributed by atoms with Crippen LogP contribution in [-0.4, -0.2) is 13.1 Å². The first-order valence-corrected chi connectivity index (χ1v) is 7.06. The van der Waals surface area contributed by atoms with Gasteiger partial charge in [-0.25, -0.2) is 4.79 Å². The first kappa shape index (κ1) is 15.6. The summed E-state index contributed by atoms with van der Waals surface area (Å²) in [6.45, 7) is 2.07. The highest BCUT2D eigenvalue weighted by Gasteiger charge is 2.18. The summed E-state index contributed by atoms with van der Waals surface area (Å²) in [6, 6.07) is 16.7. The quantitative estimate of drug-likeness (QED) is 0.523. The van der Waals surface area contributed by atoms with Gasteiger partial charge in [0.05, 0.1) is 12.8 Å². The number of carbonyl (C=O) groups excluding carboxylic acids is 1. The van der Waals surface area contributed by atoms with E-state index in [4.69, 9.17) is 15.2 Å². The Balaban J connectivity index is 2.35. The molecule has 0 aliphatic rings. The molecule has 0 fully saturated rings. The van der Waals surface area contributed by atoms with Gasteiger partial charge in [0.15, 0.2) is 0 Å². The van der Waals surface area contributed by atoms with Crippen LogP contribution < -0.4 is 10.5 Å². The van der Waals surface area contributed by atoms with Gasteiger partial charge in [-0.3, -0.25) is 0 Å². The molecule has 0 amide bonds. The molecule has 4 heteroatoms. The zero-order valence-corrected chi connectivity index (χ0v) is 12.7. The minimum Gasteiger partial charge on any atom is -0.463 e. The Labute approximate surface area is 130 Å². The lowest BCUT2D eigenvalue weighted by molar-refractivity contribution is -0.138. The fraction of sp³-hybridized carbons (Fsp3) is 0.167. The van der Waals surface area contributed by atoms with E-state index < -0.39 is 5.97 Å². The van der Waals surface area contributed by atoms with E-state index in [1.165, 1.54) is 12.7 Å². The van der Waals surface area contributed by atoms with Crippen molar-refractivity contribution < 1.29 is 14.3 Å². The van der Waals surface area contributed by atoms with Crippen molar-refractivity contribution in [3.8, 4) is 5.75 Å². The van der Waals surface area contributed by atoms with Crippen molar-refractivity contribution in [2.24, 2.45) is 5.73 Å². The number of hydrogen-bond acceptors (Lipinski definition) is 4. The summed E-state index contributed by atoms with van der Waals surface area (Å²) in [5.74, 6) is -0.0876. The Morgan fingerprint density at radius 3 is 2.23 bits per heavy atom. The number of nitrogens with two attached hydrogens (primary N) is 1. The average molecular weight is 297 g/mol. The lowest BCUT2D eigenvalue weighted by Crippen LogP contribution is -2.17. The smallest absolute Gasteiger partial charge is 0.376 e. The fourth-order valence-electron chi connectivity index (χ4n) is 1.96. The van der Waals surface area contributed by atoms with Crippen LogP contribution in [0.1, 0.15) is 18.1 Å². The van der Waals surface area contributed by atoms with E-state index in [2.05, 4.69) is 6.92 Å². The van der Waals surface area contributed by atoms with Gasteiger partial charge in [0.25, 0.3) is 0 Å². The largest absolute Gasteiger partial charge is 0.463 e. The highest BCUT2D eigenvalue weighted by molar-refractivity contribution is 5.95. The van der Waals surface area contributed by atoms with Gasteiger partial charge in [-0.15, -0.1) is 0 Å². The Kier molecular flexibility index (Phi) is 5.20. The first-order valence-electron chi connectivity index (χ1n) is 7.06. The van der Waals surface area contributed by atoms with Crippen LogP contribution in [0.5, 0.6) is 5.75 Å². The zero-order chi connectivity index (χ0) is 15.9. The molecule has 4 nitrogen and oxygen atoms in total. The molecule has 0 atom stereocenters. The van der Waals surface area contributed by atoms with Crippen LogP contribution in [0.15, 0.2) is 60.4 Å². The highest BCUT2D eigenvalue weighted by Crippen LogP contribution is 2.20. The number of carbonyl (C=O) groups is 1. The predicted octanol–water partition coefficient (Wildman–Crippen LogP) is 3.13. The van der Waals surface area contributed by atoms with Crippen molar-refractivity contribution in [3.63, 3.8) is 0 Å². The molecule has 2 aromatic rings. The fourth-order valence-corrected chi connectivity index (χ4v) is 1.96. The molecule has 2 aromatic carbocycles. The number of rotatable bonds is 5. The standard InChI is InChI=1S/C18H19NO3/c1-3-13-9-11-15(12-10-13)22-17(18(20)21-2)16(19)14-7-5-4-6-8-14/h4-12H,3,19H2,1-2H3/b17-16+. The lowest BCUT2D eigenvalue weighted by Gasteiger charge is -2.12. The molecule has 0 radical (unpaired) electrons. The molecule has 0 unspecified atom stereocenters. The van der Waals surface area contributed by atoms with Gasteiger partial charge < -0.3 is 15.2 Å². The third kappa shape index (κ3) is 3.67. The Bertz CT molecular complexity index is 660. The second-order valence-electron chi connectivity index (χ2n) is 4.70. The average Bonchev–Trinajstić information content (AvgIpc) is 2.59. The molecule has 2 N–H and O–H groups in total.